The number of ether oxygens (including phenoxy) is 1. The largest absolute Gasteiger partial charge is 1.00 e. The Labute approximate surface area is 357 Å². The fourth-order valence-corrected chi connectivity index (χ4v) is 5.85. The summed E-state index contributed by atoms with van der Waals surface area (Å²) in [4.78, 5) is 84.4. The molecule has 0 radical (unpaired) electrons. The molecule has 6 atom stereocenters. The molecular weight excluding hydrogens is 702 g/mol. The van der Waals surface area contributed by atoms with Gasteiger partial charge in [0.25, 0.3) is 21.2 Å². The summed E-state index contributed by atoms with van der Waals surface area (Å²) in [6, 6.07) is 1.09. The second-order valence-electron chi connectivity index (χ2n) is 5.78. The number of rotatable bonds is 8. The number of H-pyrrole nitrogens is 1. The Morgan fingerprint density at radius 2 is 1.20 bits per heavy atom. The van der Waals surface area contributed by atoms with Gasteiger partial charge in [-0.15, -0.1) is 0 Å². The fraction of sp³-hybridized carbons (Fsp3) is 0.556. The van der Waals surface area contributed by atoms with E-state index in [1.165, 1.54) is 0 Å². The number of aromatic nitrogens is 2. The molecule has 1 aromatic rings. The summed E-state index contributed by atoms with van der Waals surface area (Å²) in [5.74, 6) is 0. The van der Waals surface area contributed by atoms with Crippen molar-refractivity contribution in [3.05, 3.63) is 33.1 Å². The predicted molar refractivity (Wildman–Crippen MR) is 88.0 cm³/mol. The molecule has 0 amide bonds. The fourth-order valence-electron chi connectivity index (χ4n) is 2.13. The average Bonchev–Trinajstić information content (AvgIpc) is 2.85. The molecule has 1 fully saturated rings. The molecule has 1 saturated heterocycles. The van der Waals surface area contributed by atoms with Gasteiger partial charge in [-0.3, -0.25) is 32.1 Å². The van der Waals surface area contributed by atoms with E-state index in [1.807, 2.05) is 4.98 Å². The number of nitrogens with zero attached hydrogens (tertiary/aromatic N) is 1. The molecule has 1 aromatic heterocycles. The Morgan fingerprint density at radius 3 is 1.50 bits per heavy atom. The third kappa shape index (κ3) is 22.6. The summed E-state index contributed by atoms with van der Waals surface area (Å²) < 4.78 is 54.6. The van der Waals surface area contributed by atoms with E-state index in [0.717, 1.165) is 16.8 Å². The van der Waals surface area contributed by atoms with Gasteiger partial charge in [0.2, 0.25) is 0 Å². The Balaban J connectivity index is -0.000000126. The van der Waals surface area contributed by atoms with Crippen LogP contribution in [-0.2, 0) is 35.9 Å². The van der Waals surface area contributed by atoms with Crippen molar-refractivity contribution < 1.29 is 258 Å². The molecular formula is C9H12N2Na6O19P4. The predicted octanol–water partition coefficient (Wildman–Crippen LogP) is -25.2. The molecule has 0 aromatic carbocycles. The second kappa shape index (κ2) is 24.3. The summed E-state index contributed by atoms with van der Waals surface area (Å²) in [5.41, 5.74) is -1.33. The molecule has 2 rings (SSSR count). The van der Waals surface area contributed by atoms with Gasteiger partial charge in [-0.05, 0) is 0 Å². The summed E-state index contributed by atoms with van der Waals surface area (Å²) >= 11 is 0. The van der Waals surface area contributed by atoms with Crippen molar-refractivity contribution in [3.63, 3.8) is 0 Å². The normalized spacial score (nSPS) is 22.7. The molecule has 21 nitrogen and oxygen atoms in total. The van der Waals surface area contributed by atoms with Crippen molar-refractivity contribution in [2.45, 2.75) is 24.5 Å². The third-order valence-electron chi connectivity index (χ3n) is 3.24. The van der Waals surface area contributed by atoms with Gasteiger partial charge < -0.3 is 58.5 Å². The number of hydrogen-bond donors (Lipinski definition) is 4. The average molecular weight is 714 g/mol. The van der Waals surface area contributed by atoms with Crippen LogP contribution in [0, 0.1) is 0 Å². The van der Waals surface area contributed by atoms with Crippen LogP contribution >= 0.6 is 31.3 Å². The topological polar surface area (TPSA) is 359 Å². The van der Waals surface area contributed by atoms with Crippen LogP contribution in [0.25, 0.3) is 0 Å². The van der Waals surface area contributed by atoms with E-state index in [0.29, 0.717) is 0 Å². The van der Waals surface area contributed by atoms with E-state index < -0.39 is 73.7 Å². The van der Waals surface area contributed by atoms with E-state index in [4.69, 9.17) is 9.84 Å². The smallest absolute Gasteiger partial charge is 0.790 e. The number of phosphoric acid groups is 4. The van der Waals surface area contributed by atoms with E-state index in [1.54, 1.807) is 0 Å². The maximum absolute atomic E-state index is 11.4. The molecule has 40 heavy (non-hydrogen) atoms. The Bertz CT molecular complexity index is 1130. The van der Waals surface area contributed by atoms with Crippen LogP contribution in [0.2, 0.25) is 0 Å². The molecule has 1 aliphatic rings. The van der Waals surface area contributed by atoms with E-state index in [2.05, 4.69) is 12.9 Å². The van der Waals surface area contributed by atoms with Crippen molar-refractivity contribution in [1.82, 2.24) is 9.55 Å². The molecule has 198 valence electrons. The van der Waals surface area contributed by atoms with Crippen LogP contribution < -0.4 is 218 Å². The minimum Gasteiger partial charge on any atom is -0.790 e. The standard InChI is InChI=1S/C9H12N2O6.6Na.H6O13P4/c12-3-4-6(14)7(15)8(17-4)11-2-1-5(13)10-9(11)16;;;;;;;1-14(2,3)11-16(7,8)13-17(9,10)12-15(4,5)6/h1-2,4,6-8,12,14-15H,3H2,(H,10,13,16);;;;;;;(H,7,8)(H,9,10)(H2,1,2,3)(H2,4,5,6)/q;6*+1;/p-6/t4-,6-,7-,8-;;;;;;;/m1......./s1. The molecule has 1 aliphatic heterocycles. The molecule has 2 unspecified atom stereocenters. The first-order valence-corrected chi connectivity index (χ1v) is 13.7. The SMILES string of the molecule is O=P([O-])([O-])OP(=O)([O-])OP(=O)([O-])OP(=O)([O-])[O-].O=c1ccn([C@@H]2O[C@H](CO)[C@@H](O)[C@H]2O)c(=O)[nH]1.[Na+].[Na+].[Na+].[Na+].[Na+].[Na+]. The maximum atomic E-state index is 11.4. The molecule has 2 heterocycles. The van der Waals surface area contributed by atoms with Crippen LogP contribution in [0.1, 0.15) is 6.23 Å². The van der Waals surface area contributed by atoms with Gasteiger partial charge >= 0.3 is 183 Å². The van der Waals surface area contributed by atoms with Crippen molar-refractivity contribution in [2.75, 3.05) is 6.61 Å². The molecule has 0 saturated carbocycles. The minimum absolute atomic E-state index is 0. The molecule has 31 heteroatoms. The van der Waals surface area contributed by atoms with E-state index in [-0.39, 0.29) is 177 Å². The van der Waals surface area contributed by atoms with E-state index >= 15 is 0 Å². The zero-order valence-electron chi connectivity index (χ0n) is 21.8. The quantitative estimate of drug-likeness (QED) is 0.143. The summed E-state index contributed by atoms with van der Waals surface area (Å²) in [5, 5.41) is 28.1. The van der Waals surface area contributed by atoms with Crippen molar-refractivity contribution in [2.24, 2.45) is 0 Å². The number of hydrogen-bond acceptors (Lipinski definition) is 19. The second-order valence-corrected chi connectivity index (χ2v) is 11.3. The first-order valence-electron chi connectivity index (χ1n) is 7.90. The van der Waals surface area contributed by atoms with E-state index in [9.17, 15) is 67.4 Å². The summed E-state index contributed by atoms with van der Waals surface area (Å²) in [6.07, 6.45) is -3.58. The number of aliphatic hydroxyl groups is 3. The van der Waals surface area contributed by atoms with Gasteiger partial charge in [-0.2, -0.15) is 0 Å². The van der Waals surface area contributed by atoms with Gasteiger partial charge in [0.1, 0.15) is 18.3 Å². The number of aromatic amines is 1. The summed E-state index contributed by atoms with van der Waals surface area (Å²) in [7, 11) is -24.9. The monoisotopic (exact) mass is 714 g/mol. The van der Waals surface area contributed by atoms with Crippen molar-refractivity contribution in [1.29, 1.82) is 0 Å². The molecule has 4 N–H and O–H groups in total. The van der Waals surface area contributed by atoms with Gasteiger partial charge in [0.05, 0.1) is 22.3 Å². The van der Waals surface area contributed by atoms with Crippen LogP contribution in [0.5, 0.6) is 0 Å². The molecule has 0 spiro atoms. The van der Waals surface area contributed by atoms with Crippen LogP contribution in [0.15, 0.2) is 21.9 Å². The zero-order valence-corrected chi connectivity index (χ0v) is 37.4. The Kier molecular flexibility index (Phi) is 34.8. The van der Waals surface area contributed by atoms with Gasteiger partial charge in [-0.25, -0.2) is 9.11 Å². The Morgan fingerprint density at radius 1 is 0.800 bits per heavy atom. The van der Waals surface area contributed by atoms with Crippen LogP contribution in [0.3, 0.4) is 0 Å². The number of aliphatic hydroxyl groups excluding tert-OH is 3. The summed E-state index contributed by atoms with van der Waals surface area (Å²) in [6.45, 7) is -0.479. The van der Waals surface area contributed by atoms with Crippen LogP contribution in [-0.4, -0.2) is 49.8 Å². The third-order valence-corrected chi connectivity index (χ3v) is 8.04. The maximum Gasteiger partial charge on any atom is 1.00 e. The van der Waals surface area contributed by atoms with Gasteiger partial charge in [-0.1, -0.05) is 0 Å². The van der Waals surface area contributed by atoms with Crippen molar-refractivity contribution >= 4 is 31.3 Å². The minimum atomic E-state index is -6.26. The zero-order chi connectivity index (χ0) is 26.7. The number of nitrogens with one attached hydrogen (secondary N) is 1. The molecule has 0 bridgehead atoms. The van der Waals surface area contributed by atoms with Crippen LogP contribution in [0.4, 0.5) is 0 Å². The first kappa shape index (κ1) is 57.4. The first-order chi connectivity index (χ1) is 15.2. The van der Waals surface area contributed by atoms with Gasteiger partial charge in [0, 0.05) is 12.3 Å². The Hall–Kier alpha value is 5.08. The van der Waals surface area contributed by atoms with Crippen molar-refractivity contribution in [3.8, 4) is 0 Å². The van der Waals surface area contributed by atoms with Gasteiger partial charge in [0.15, 0.2) is 6.23 Å². The molecule has 0 aliphatic carbocycles.